The number of nitrogens with one attached hydrogen (secondary N) is 1. The number of rotatable bonds is 6. The summed E-state index contributed by atoms with van der Waals surface area (Å²) in [6.07, 6.45) is 0.793. The molecule has 0 aliphatic rings. The Morgan fingerprint density at radius 1 is 1.41 bits per heavy atom. The molecule has 5 heteroatoms. The summed E-state index contributed by atoms with van der Waals surface area (Å²) in [7, 11) is 3.18. The largest absolute Gasteiger partial charge is 0.496 e. The van der Waals surface area contributed by atoms with E-state index >= 15 is 0 Å². The molecular weight excluding hydrogens is 286 g/mol. The molecule has 0 aliphatic carbocycles. The number of carbonyl (C=O) groups is 1. The van der Waals surface area contributed by atoms with Crippen LogP contribution in [0.3, 0.4) is 0 Å². The minimum absolute atomic E-state index is 0.134. The van der Waals surface area contributed by atoms with E-state index in [4.69, 9.17) is 9.47 Å². The summed E-state index contributed by atoms with van der Waals surface area (Å²) in [6.45, 7) is 1.23. The van der Waals surface area contributed by atoms with Crippen LogP contribution in [0.15, 0.2) is 22.7 Å². The second-order valence-corrected chi connectivity index (χ2v) is 4.36. The fraction of sp³-hybridized carbons (Fsp3) is 0.417. The molecule has 1 aromatic rings. The lowest BCUT2D eigenvalue weighted by molar-refractivity contribution is 0.0945. The Hall–Kier alpha value is -1.07. The van der Waals surface area contributed by atoms with Crippen molar-refractivity contribution in [2.75, 3.05) is 27.4 Å². The van der Waals surface area contributed by atoms with Crippen LogP contribution in [0.4, 0.5) is 0 Å². The third-order valence-corrected chi connectivity index (χ3v) is 2.71. The molecule has 0 radical (unpaired) electrons. The van der Waals surface area contributed by atoms with Gasteiger partial charge in [-0.15, -0.1) is 0 Å². The van der Waals surface area contributed by atoms with E-state index in [0.29, 0.717) is 24.5 Å². The summed E-state index contributed by atoms with van der Waals surface area (Å²) in [6, 6.07) is 5.31. The molecule has 0 saturated carbocycles. The Kier molecular flexibility index (Phi) is 6.00. The van der Waals surface area contributed by atoms with Crippen LogP contribution in [0.5, 0.6) is 5.75 Å². The Labute approximate surface area is 109 Å². The van der Waals surface area contributed by atoms with Crippen LogP contribution < -0.4 is 10.1 Å². The molecule has 0 bridgehead atoms. The molecule has 0 heterocycles. The Bertz CT molecular complexity index is 382. The standard InChI is InChI=1S/C12H16BrNO3/c1-16-7-3-6-14-12(15)10-5-4-9(13)8-11(10)17-2/h4-5,8H,3,6-7H2,1-2H3,(H,14,15). The number of hydrogen-bond donors (Lipinski definition) is 1. The summed E-state index contributed by atoms with van der Waals surface area (Å²) in [5.41, 5.74) is 0.535. The van der Waals surface area contributed by atoms with E-state index in [2.05, 4.69) is 21.2 Å². The summed E-state index contributed by atoms with van der Waals surface area (Å²) in [4.78, 5) is 11.9. The molecule has 0 atom stereocenters. The molecule has 94 valence electrons. The van der Waals surface area contributed by atoms with Gasteiger partial charge in [0.15, 0.2) is 0 Å². The Morgan fingerprint density at radius 2 is 2.18 bits per heavy atom. The average Bonchev–Trinajstić information content (AvgIpc) is 2.34. The predicted molar refractivity (Wildman–Crippen MR) is 69.5 cm³/mol. The Balaban J connectivity index is 2.62. The minimum atomic E-state index is -0.134. The number of hydrogen-bond acceptors (Lipinski definition) is 3. The van der Waals surface area contributed by atoms with Gasteiger partial charge in [0.05, 0.1) is 12.7 Å². The SMILES string of the molecule is COCCCNC(=O)c1ccc(Br)cc1OC. The molecule has 1 rings (SSSR count). The van der Waals surface area contributed by atoms with Crippen molar-refractivity contribution in [2.24, 2.45) is 0 Å². The zero-order valence-corrected chi connectivity index (χ0v) is 11.5. The number of halogens is 1. The summed E-state index contributed by atoms with van der Waals surface area (Å²) in [5.74, 6) is 0.425. The summed E-state index contributed by atoms with van der Waals surface area (Å²) >= 11 is 3.33. The van der Waals surface area contributed by atoms with Crippen molar-refractivity contribution in [3.63, 3.8) is 0 Å². The first-order valence-electron chi connectivity index (χ1n) is 5.29. The molecule has 0 spiro atoms. The molecule has 4 nitrogen and oxygen atoms in total. The molecule has 0 aromatic heterocycles. The molecule has 1 amide bonds. The Morgan fingerprint density at radius 3 is 2.82 bits per heavy atom. The van der Waals surface area contributed by atoms with Crippen LogP contribution in [0.2, 0.25) is 0 Å². The van der Waals surface area contributed by atoms with Crippen LogP contribution in [0, 0.1) is 0 Å². The quantitative estimate of drug-likeness (QED) is 0.820. The number of methoxy groups -OCH3 is 2. The third kappa shape index (κ3) is 4.36. The normalized spacial score (nSPS) is 10.1. The maximum absolute atomic E-state index is 11.9. The van der Waals surface area contributed by atoms with Gasteiger partial charge in [0, 0.05) is 24.7 Å². The first-order valence-corrected chi connectivity index (χ1v) is 6.09. The highest BCUT2D eigenvalue weighted by molar-refractivity contribution is 9.10. The van der Waals surface area contributed by atoms with E-state index in [0.717, 1.165) is 10.9 Å². The van der Waals surface area contributed by atoms with Gasteiger partial charge in [0.25, 0.3) is 5.91 Å². The number of benzene rings is 1. The highest BCUT2D eigenvalue weighted by Gasteiger charge is 2.11. The minimum Gasteiger partial charge on any atom is -0.496 e. The molecule has 1 aromatic carbocycles. The first-order chi connectivity index (χ1) is 8.19. The molecular formula is C12H16BrNO3. The maximum atomic E-state index is 11.9. The topological polar surface area (TPSA) is 47.6 Å². The van der Waals surface area contributed by atoms with Crippen molar-refractivity contribution in [1.29, 1.82) is 0 Å². The molecule has 0 saturated heterocycles. The van der Waals surface area contributed by atoms with E-state index in [9.17, 15) is 4.79 Å². The van der Waals surface area contributed by atoms with Crippen molar-refractivity contribution < 1.29 is 14.3 Å². The predicted octanol–water partition coefficient (Wildman–Crippen LogP) is 2.22. The van der Waals surface area contributed by atoms with E-state index in [-0.39, 0.29) is 5.91 Å². The van der Waals surface area contributed by atoms with Gasteiger partial charge in [-0.2, -0.15) is 0 Å². The van der Waals surface area contributed by atoms with E-state index in [1.165, 1.54) is 0 Å². The van der Waals surface area contributed by atoms with Crippen LogP contribution in [-0.4, -0.2) is 33.3 Å². The van der Waals surface area contributed by atoms with Crippen LogP contribution in [-0.2, 0) is 4.74 Å². The number of carbonyl (C=O) groups excluding carboxylic acids is 1. The molecule has 0 aliphatic heterocycles. The second kappa shape index (κ2) is 7.29. The zero-order valence-electron chi connectivity index (χ0n) is 9.96. The molecule has 1 N–H and O–H groups in total. The highest BCUT2D eigenvalue weighted by Crippen LogP contribution is 2.23. The van der Waals surface area contributed by atoms with Gasteiger partial charge >= 0.3 is 0 Å². The smallest absolute Gasteiger partial charge is 0.255 e. The lowest BCUT2D eigenvalue weighted by atomic mass is 10.2. The summed E-state index contributed by atoms with van der Waals surface area (Å²) in [5, 5.41) is 2.81. The highest BCUT2D eigenvalue weighted by atomic mass is 79.9. The van der Waals surface area contributed by atoms with Gasteiger partial charge in [0.1, 0.15) is 5.75 Å². The van der Waals surface area contributed by atoms with Crippen LogP contribution >= 0.6 is 15.9 Å². The van der Waals surface area contributed by atoms with Gasteiger partial charge in [-0.1, -0.05) is 15.9 Å². The molecule has 0 fully saturated rings. The van der Waals surface area contributed by atoms with Crippen molar-refractivity contribution >= 4 is 21.8 Å². The average molecular weight is 302 g/mol. The van der Waals surface area contributed by atoms with Crippen molar-refractivity contribution in [2.45, 2.75) is 6.42 Å². The fourth-order valence-corrected chi connectivity index (χ4v) is 1.71. The maximum Gasteiger partial charge on any atom is 0.255 e. The van der Waals surface area contributed by atoms with E-state index in [1.54, 1.807) is 26.4 Å². The lowest BCUT2D eigenvalue weighted by Crippen LogP contribution is -2.25. The van der Waals surface area contributed by atoms with Gasteiger partial charge in [0.2, 0.25) is 0 Å². The van der Waals surface area contributed by atoms with Gasteiger partial charge in [-0.25, -0.2) is 0 Å². The number of ether oxygens (including phenoxy) is 2. The van der Waals surface area contributed by atoms with Crippen molar-refractivity contribution in [3.05, 3.63) is 28.2 Å². The molecule has 0 unspecified atom stereocenters. The lowest BCUT2D eigenvalue weighted by Gasteiger charge is -2.09. The van der Waals surface area contributed by atoms with Crippen LogP contribution in [0.1, 0.15) is 16.8 Å². The fourth-order valence-electron chi connectivity index (χ4n) is 1.37. The first kappa shape index (κ1) is 14.0. The van der Waals surface area contributed by atoms with Gasteiger partial charge < -0.3 is 14.8 Å². The van der Waals surface area contributed by atoms with E-state index < -0.39 is 0 Å². The molecule has 17 heavy (non-hydrogen) atoms. The van der Waals surface area contributed by atoms with E-state index in [1.807, 2.05) is 6.07 Å². The van der Waals surface area contributed by atoms with Gasteiger partial charge in [-0.3, -0.25) is 4.79 Å². The van der Waals surface area contributed by atoms with Crippen molar-refractivity contribution in [1.82, 2.24) is 5.32 Å². The second-order valence-electron chi connectivity index (χ2n) is 3.45. The van der Waals surface area contributed by atoms with Crippen LogP contribution in [0.25, 0.3) is 0 Å². The van der Waals surface area contributed by atoms with Gasteiger partial charge in [-0.05, 0) is 24.6 Å². The third-order valence-electron chi connectivity index (χ3n) is 2.22. The zero-order chi connectivity index (χ0) is 12.7. The van der Waals surface area contributed by atoms with Crippen molar-refractivity contribution in [3.8, 4) is 5.75 Å². The monoisotopic (exact) mass is 301 g/mol. The summed E-state index contributed by atoms with van der Waals surface area (Å²) < 4.78 is 10.9. The number of amides is 1.